The van der Waals surface area contributed by atoms with Crippen molar-refractivity contribution in [2.24, 2.45) is 0 Å². The fourth-order valence-corrected chi connectivity index (χ4v) is 2.26. The summed E-state index contributed by atoms with van der Waals surface area (Å²) in [6, 6.07) is 9.96. The average molecular weight is 312 g/mol. The molecule has 5 nitrogen and oxygen atoms in total. The molecule has 0 atom stereocenters. The number of rotatable bonds is 7. The van der Waals surface area contributed by atoms with Crippen LogP contribution < -0.4 is 5.32 Å². The lowest BCUT2D eigenvalue weighted by molar-refractivity contribution is 0.0933. The van der Waals surface area contributed by atoms with Crippen molar-refractivity contribution in [3.05, 3.63) is 45.4 Å². The van der Waals surface area contributed by atoms with Crippen molar-refractivity contribution in [2.45, 2.75) is 13.0 Å². The molecule has 0 fully saturated rings. The molecule has 1 aromatic carbocycles. The van der Waals surface area contributed by atoms with E-state index in [2.05, 4.69) is 15.5 Å². The third-order valence-electron chi connectivity index (χ3n) is 2.46. The number of ether oxygens (including phenoxy) is 1. The van der Waals surface area contributed by atoms with Gasteiger partial charge in [0.05, 0.1) is 6.61 Å². The second-order valence-electron chi connectivity index (χ2n) is 4.01. The van der Waals surface area contributed by atoms with Crippen LogP contribution in [0.3, 0.4) is 0 Å². The van der Waals surface area contributed by atoms with Crippen molar-refractivity contribution in [1.82, 2.24) is 15.5 Å². The number of hydrogen-bond donors (Lipinski definition) is 1. The Labute approximate surface area is 125 Å². The number of aromatic nitrogens is 2. The van der Waals surface area contributed by atoms with Gasteiger partial charge in [-0.15, -0.1) is 10.2 Å². The van der Waals surface area contributed by atoms with Crippen molar-refractivity contribution in [3.63, 3.8) is 0 Å². The number of amides is 1. The molecule has 0 aliphatic rings. The minimum atomic E-state index is -0.252. The number of nitrogens with zero attached hydrogens (tertiary/aromatic N) is 2. The zero-order chi connectivity index (χ0) is 14.2. The molecule has 0 radical (unpaired) electrons. The van der Waals surface area contributed by atoms with Gasteiger partial charge in [-0.3, -0.25) is 4.79 Å². The Morgan fingerprint density at radius 2 is 2.10 bits per heavy atom. The molecule has 106 valence electrons. The number of nitrogens with one attached hydrogen (secondary N) is 1. The van der Waals surface area contributed by atoms with Gasteiger partial charge in [-0.25, -0.2) is 0 Å². The van der Waals surface area contributed by atoms with Gasteiger partial charge < -0.3 is 10.1 Å². The first-order chi connectivity index (χ1) is 9.75. The summed E-state index contributed by atoms with van der Waals surface area (Å²) in [6.45, 7) is 1.71. The lowest BCUT2D eigenvalue weighted by Gasteiger charge is -2.05. The van der Waals surface area contributed by atoms with Crippen LogP contribution in [0.25, 0.3) is 0 Å². The van der Waals surface area contributed by atoms with Gasteiger partial charge in [0.1, 0.15) is 0 Å². The largest absolute Gasteiger partial charge is 0.377 e. The van der Waals surface area contributed by atoms with E-state index in [1.54, 1.807) is 0 Å². The van der Waals surface area contributed by atoms with Crippen LogP contribution in [0.5, 0.6) is 0 Å². The van der Waals surface area contributed by atoms with Gasteiger partial charge in [0.2, 0.25) is 9.47 Å². The summed E-state index contributed by atoms with van der Waals surface area (Å²) in [5.74, 6) is -0.252. The second kappa shape index (κ2) is 7.94. The quantitative estimate of drug-likeness (QED) is 0.798. The maximum absolute atomic E-state index is 11.6. The fourth-order valence-electron chi connectivity index (χ4n) is 1.51. The standard InChI is InChI=1S/C13H14ClN3O2S/c14-13-17-16-12(20-13)11(18)15-7-4-8-19-9-10-5-2-1-3-6-10/h1-3,5-6H,4,7-9H2,(H,15,18). The third-order valence-corrected chi connectivity index (χ3v) is 3.47. The summed E-state index contributed by atoms with van der Waals surface area (Å²) in [6.07, 6.45) is 0.741. The smallest absolute Gasteiger partial charge is 0.282 e. The van der Waals surface area contributed by atoms with E-state index < -0.39 is 0 Å². The minimum Gasteiger partial charge on any atom is -0.377 e. The molecule has 1 heterocycles. The Morgan fingerprint density at radius 3 is 2.80 bits per heavy atom. The Balaban J connectivity index is 1.57. The molecule has 1 amide bonds. The van der Waals surface area contributed by atoms with Gasteiger partial charge in [-0.1, -0.05) is 41.7 Å². The first kappa shape index (κ1) is 14.9. The van der Waals surface area contributed by atoms with Crippen LogP contribution in [-0.4, -0.2) is 29.3 Å². The van der Waals surface area contributed by atoms with Crippen LogP contribution >= 0.6 is 22.9 Å². The molecule has 0 bridgehead atoms. The van der Waals surface area contributed by atoms with E-state index >= 15 is 0 Å². The van der Waals surface area contributed by atoms with Crippen LogP contribution in [0.4, 0.5) is 0 Å². The van der Waals surface area contributed by atoms with Gasteiger partial charge in [-0.2, -0.15) is 0 Å². The van der Waals surface area contributed by atoms with Gasteiger partial charge in [0.25, 0.3) is 5.91 Å². The monoisotopic (exact) mass is 311 g/mol. The van der Waals surface area contributed by atoms with Gasteiger partial charge in [0, 0.05) is 13.2 Å². The maximum Gasteiger partial charge on any atom is 0.282 e. The molecular weight excluding hydrogens is 298 g/mol. The topological polar surface area (TPSA) is 64.1 Å². The highest BCUT2D eigenvalue weighted by atomic mass is 35.5. The SMILES string of the molecule is O=C(NCCCOCc1ccccc1)c1nnc(Cl)s1. The lowest BCUT2D eigenvalue weighted by atomic mass is 10.2. The molecule has 0 spiro atoms. The summed E-state index contributed by atoms with van der Waals surface area (Å²) in [5, 5.41) is 10.3. The summed E-state index contributed by atoms with van der Waals surface area (Å²) < 4.78 is 5.78. The van der Waals surface area contributed by atoms with Crippen LogP contribution in [-0.2, 0) is 11.3 Å². The fraction of sp³-hybridized carbons (Fsp3) is 0.308. The Hall–Kier alpha value is -1.50. The van der Waals surface area contributed by atoms with Gasteiger partial charge in [0.15, 0.2) is 0 Å². The lowest BCUT2D eigenvalue weighted by Crippen LogP contribution is -2.25. The summed E-state index contributed by atoms with van der Waals surface area (Å²) >= 11 is 6.67. The highest BCUT2D eigenvalue weighted by Gasteiger charge is 2.10. The molecule has 7 heteroatoms. The van der Waals surface area contributed by atoms with Crippen molar-refractivity contribution in [2.75, 3.05) is 13.2 Å². The predicted octanol–water partition coefficient (Wildman–Crippen LogP) is 2.53. The summed E-state index contributed by atoms with van der Waals surface area (Å²) in [7, 11) is 0. The Bertz CT molecular complexity index is 548. The van der Waals surface area contributed by atoms with Crippen LogP contribution in [0.15, 0.2) is 30.3 Å². The van der Waals surface area contributed by atoms with Crippen molar-refractivity contribution >= 4 is 28.8 Å². The van der Waals surface area contributed by atoms with E-state index in [0.29, 0.717) is 19.8 Å². The zero-order valence-electron chi connectivity index (χ0n) is 10.7. The molecule has 0 saturated heterocycles. The van der Waals surface area contributed by atoms with Crippen molar-refractivity contribution in [3.8, 4) is 0 Å². The number of halogens is 1. The van der Waals surface area contributed by atoms with E-state index in [1.807, 2.05) is 30.3 Å². The molecular formula is C13H14ClN3O2S. The average Bonchev–Trinajstić information content (AvgIpc) is 2.90. The first-order valence-corrected chi connectivity index (χ1v) is 7.34. The van der Waals surface area contributed by atoms with Crippen molar-refractivity contribution < 1.29 is 9.53 Å². The maximum atomic E-state index is 11.6. The number of carbonyl (C=O) groups excluding carboxylic acids is 1. The molecule has 0 aliphatic carbocycles. The Morgan fingerprint density at radius 1 is 1.30 bits per heavy atom. The highest BCUT2D eigenvalue weighted by molar-refractivity contribution is 7.17. The summed E-state index contributed by atoms with van der Waals surface area (Å²) in [4.78, 5) is 11.6. The van der Waals surface area contributed by atoms with Gasteiger partial charge >= 0.3 is 0 Å². The van der Waals surface area contributed by atoms with Crippen LogP contribution in [0.2, 0.25) is 4.47 Å². The van der Waals surface area contributed by atoms with E-state index in [-0.39, 0.29) is 15.4 Å². The predicted molar refractivity (Wildman–Crippen MR) is 78.0 cm³/mol. The van der Waals surface area contributed by atoms with E-state index in [9.17, 15) is 4.79 Å². The zero-order valence-corrected chi connectivity index (χ0v) is 12.3. The molecule has 2 rings (SSSR count). The molecule has 0 unspecified atom stereocenters. The number of benzene rings is 1. The van der Waals surface area contributed by atoms with E-state index in [4.69, 9.17) is 16.3 Å². The van der Waals surface area contributed by atoms with Gasteiger partial charge in [-0.05, 0) is 23.6 Å². The van der Waals surface area contributed by atoms with Crippen LogP contribution in [0, 0.1) is 0 Å². The normalized spacial score (nSPS) is 10.4. The molecule has 2 aromatic rings. The molecule has 20 heavy (non-hydrogen) atoms. The van der Waals surface area contributed by atoms with Crippen molar-refractivity contribution in [1.29, 1.82) is 0 Å². The van der Waals surface area contributed by atoms with Crippen LogP contribution in [0.1, 0.15) is 21.8 Å². The van der Waals surface area contributed by atoms with E-state index in [0.717, 1.165) is 23.3 Å². The number of carbonyl (C=O) groups is 1. The molecule has 0 saturated carbocycles. The minimum absolute atomic E-state index is 0.252. The summed E-state index contributed by atoms with van der Waals surface area (Å²) in [5.41, 5.74) is 1.14. The Kier molecular flexibility index (Phi) is 5.91. The highest BCUT2D eigenvalue weighted by Crippen LogP contribution is 2.14. The number of hydrogen-bond acceptors (Lipinski definition) is 5. The molecule has 1 aromatic heterocycles. The van der Waals surface area contributed by atoms with E-state index in [1.165, 1.54) is 0 Å². The molecule has 1 N–H and O–H groups in total. The third kappa shape index (κ3) is 4.88. The molecule has 0 aliphatic heterocycles. The first-order valence-electron chi connectivity index (χ1n) is 6.14. The second-order valence-corrected chi connectivity index (χ2v) is 5.57.